The van der Waals surface area contributed by atoms with Crippen LogP contribution in [0.5, 0.6) is 0 Å². The third-order valence-corrected chi connectivity index (χ3v) is 6.38. The molecule has 7 heteroatoms. The summed E-state index contributed by atoms with van der Waals surface area (Å²) in [5.74, 6) is 1.90. The number of aromatic nitrogens is 5. The van der Waals surface area contributed by atoms with Gasteiger partial charge in [0.1, 0.15) is 11.6 Å². The Morgan fingerprint density at radius 2 is 1.91 bits per heavy atom. The van der Waals surface area contributed by atoms with Crippen LogP contribution in [0.15, 0.2) is 48.9 Å². The second-order valence-electron chi connectivity index (χ2n) is 8.46. The zero-order chi connectivity index (χ0) is 22.2. The van der Waals surface area contributed by atoms with Gasteiger partial charge >= 0.3 is 0 Å². The number of pyridine rings is 1. The second kappa shape index (κ2) is 8.15. The van der Waals surface area contributed by atoms with E-state index in [-0.39, 0.29) is 11.8 Å². The first-order valence-electron chi connectivity index (χ1n) is 11.0. The molecule has 1 atom stereocenters. The van der Waals surface area contributed by atoms with E-state index >= 15 is 0 Å². The van der Waals surface area contributed by atoms with Gasteiger partial charge in [-0.05, 0) is 62.6 Å². The number of fused-ring (bicyclic) bond motifs is 1. The van der Waals surface area contributed by atoms with E-state index in [1.807, 2.05) is 66.9 Å². The topological polar surface area (TPSA) is 76.8 Å². The molecule has 1 amide bonds. The van der Waals surface area contributed by atoms with E-state index in [0.717, 1.165) is 58.9 Å². The number of nitrogens with zero attached hydrogens (tertiary/aromatic N) is 6. The highest BCUT2D eigenvalue weighted by Crippen LogP contribution is 2.33. The van der Waals surface area contributed by atoms with Crippen molar-refractivity contribution >= 4 is 16.9 Å². The summed E-state index contributed by atoms with van der Waals surface area (Å²) in [5.41, 5.74) is 5.66. The van der Waals surface area contributed by atoms with Crippen molar-refractivity contribution in [3.8, 4) is 11.1 Å². The third kappa shape index (κ3) is 3.64. The fraction of sp³-hybridized carbons (Fsp3) is 0.320. The number of aryl methyl sites for hydroxylation is 3. The summed E-state index contributed by atoms with van der Waals surface area (Å²) < 4.78 is 2.04. The molecule has 32 heavy (non-hydrogen) atoms. The summed E-state index contributed by atoms with van der Waals surface area (Å²) >= 11 is 0. The number of piperidine rings is 1. The molecule has 162 valence electrons. The second-order valence-corrected chi connectivity index (χ2v) is 8.46. The van der Waals surface area contributed by atoms with Crippen LogP contribution in [-0.4, -0.2) is 48.4 Å². The minimum Gasteiger partial charge on any atom is -0.338 e. The summed E-state index contributed by atoms with van der Waals surface area (Å²) in [4.78, 5) is 33.3. The molecule has 1 aliphatic rings. The Balaban J connectivity index is 1.44. The summed E-state index contributed by atoms with van der Waals surface area (Å²) in [6.07, 6.45) is 7.40. The Morgan fingerprint density at radius 1 is 1.09 bits per heavy atom. The molecule has 0 bridgehead atoms. The Morgan fingerprint density at radius 3 is 2.72 bits per heavy atom. The van der Waals surface area contributed by atoms with Crippen LogP contribution in [0.1, 0.15) is 46.5 Å². The van der Waals surface area contributed by atoms with Crippen molar-refractivity contribution < 1.29 is 4.79 Å². The highest BCUT2D eigenvalue weighted by Gasteiger charge is 2.28. The van der Waals surface area contributed by atoms with Crippen molar-refractivity contribution in [2.75, 3.05) is 13.1 Å². The molecule has 4 aromatic rings. The molecule has 1 aliphatic heterocycles. The lowest BCUT2D eigenvalue weighted by Crippen LogP contribution is -2.39. The first-order chi connectivity index (χ1) is 15.5. The summed E-state index contributed by atoms with van der Waals surface area (Å²) in [6.45, 7) is 5.28. The van der Waals surface area contributed by atoms with E-state index in [4.69, 9.17) is 4.98 Å². The predicted octanol–water partition coefficient (Wildman–Crippen LogP) is 4.06. The number of benzene rings is 1. The highest BCUT2D eigenvalue weighted by atomic mass is 16.2. The molecule has 0 aliphatic carbocycles. The van der Waals surface area contributed by atoms with Gasteiger partial charge in [-0.1, -0.05) is 0 Å². The van der Waals surface area contributed by atoms with E-state index in [1.54, 1.807) is 12.4 Å². The first kappa shape index (κ1) is 20.3. The number of carbonyl (C=O) groups is 1. The van der Waals surface area contributed by atoms with Crippen molar-refractivity contribution in [2.24, 2.45) is 7.05 Å². The average molecular weight is 427 g/mol. The molecule has 0 N–H and O–H groups in total. The highest BCUT2D eigenvalue weighted by molar-refractivity contribution is 5.97. The van der Waals surface area contributed by atoms with Crippen LogP contribution >= 0.6 is 0 Å². The van der Waals surface area contributed by atoms with Crippen LogP contribution in [0, 0.1) is 13.8 Å². The smallest absolute Gasteiger partial charge is 0.253 e. The number of rotatable bonds is 3. The van der Waals surface area contributed by atoms with Crippen LogP contribution in [0.2, 0.25) is 0 Å². The molecule has 1 fully saturated rings. The van der Waals surface area contributed by atoms with Gasteiger partial charge in [0.25, 0.3) is 5.91 Å². The van der Waals surface area contributed by atoms with Crippen molar-refractivity contribution in [1.29, 1.82) is 0 Å². The predicted molar refractivity (Wildman–Crippen MR) is 123 cm³/mol. The Hall–Kier alpha value is -3.61. The first-order valence-corrected chi connectivity index (χ1v) is 11.0. The Bertz CT molecular complexity index is 1300. The molecule has 4 heterocycles. The van der Waals surface area contributed by atoms with Gasteiger partial charge in [0.15, 0.2) is 0 Å². The lowest BCUT2D eigenvalue weighted by Gasteiger charge is -2.33. The Labute approximate surface area is 187 Å². The molecule has 0 spiro atoms. The maximum Gasteiger partial charge on any atom is 0.253 e. The van der Waals surface area contributed by atoms with Crippen LogP contribution in [-0.2, 0) is 7.05 Å². The largest absolute Gasteiger partial charge is 0.338 e. The van der Waals surface area contributed by atoms with E-state index in [2.05, 4.69) is 15.0 Å². The van der Waals surface area contributed by atoms with Gasteiger partial charge in [0.2, 0.25) is 0 Å². The van der Waals surface area contributed by atoms with Gasteiger partial charge in [-0.2, -0.15) is 0 Å². The lowest BCUT2D eigenvalue weighted by molar-refractivity contribution is 0.0706. The molecule has 0 radical (unpaired) electrons. The molecule has 1 saturated heterocycles. The summed E-state index contributed by atoms with van der Waals surface area (Å²) in [5, 5.41) is 0. The quantitative estimate of drug-likeness (QED) is 0.494. The number of amides is 1. The Kier molecular flexibility index (Phi) is 5.17. The van der Waals surface area contributed by atoms with E-state index < -0.39 is 0 Å². The van der Waals surface area contributed by atoms with Gasteiger partial charge in [-0.15, -0.1) is 0 Å². The average Bonchev–Trinajstić information content (AvgIpc) is 3.12. The van der Waals surface area contributed by atoms with Gasteiger partial charge in [-0.3, -0.25) is 9.78 Å². The van der Waals surface area contributed by atoms with Gasteiger partial charge in [-0.25, -0.2) is 15.0 Å². The molecular weight excluding hydrogens is 400 g/mol. The molecule has 3 aromatic heterocycles. The van der Waals surface area contributed by atoms with Crippen molar-refractivity contribution in [3.63, 3.8) is 0 Å². The van der Waals surface area contributed by atoms with Crippen LogP contribution in [0.25, 0.3) is 22.2 Å². The van der Waals surface area contributed by atoms with E-state index in [0.29, 0.717) is 12.1 Å². The van der Waals surface area contributed by atoms with Crippen LogP contribution in [0.3, 0.4) is 0 Å². The number of carbonyl (C=O) groups excluding carboxylic acids is 1. The molecule has 7 nitrogen and oxygen atoms in total. The summed E-state index contributed by atoms with van der Waals surface area (Å²) in [7, 11) is 1.99. The zero-order valence-corrected chi connectivity index (χ0v) is 18.6. The lowest BCUT2D eigenvalue weighted by atomic mass is 9.89. The maximum atomic E-state index is 13.4. The monoisotopic (exact) mass is 426 g/mol. The molecule has 1 unspecified atom stereocenters. The molecular formula is C25H26N6O. The number of hydrogen-bond acceptors (Lipinski definition) is 5. The minimum atomic E-state index is 0.0520. The summed E-state index contributed by atoms with van der Waals surface area (Å²) in [6, 6.07) is 9.76. The fourth-order valence-corrected chi connectivity index (χ4v) is 4.57. The number of likely N-dealkylation sites (tertiary alicyclic amines) is 1. The van der Waals surface area contributed by atoms with Crippen molar-refractivity contribution in [2.45, 2.75) is 32.6 Å². The van der Waals surface area contributed by atoms with Crippen LogP contribution in [0.4, 0.5) is 0 Å². The minimum absolute atomic E-state index is 0.0520. The normalized spacial score (nSPS) is 16.5. The SMILES string of the molecule is Cc1ncc(-c2ccncc2)c(C2CCCN(C(=O)c3ccc4c(c3)nc(C)n4C)C2)n1. The molecule has 0 saturated carbocycles. The number of hydrogen-bond donors (Lipinski definition) is 0. The van der Waals surface area contributed by atoms with Gasteiger partial charge in [0.05, 0.1) is 16.7 Å². The standard InChI is InChI=1S/C25H26N6O/c1-16-27-14-21(18-8-10-26-11-9-18)24(28-16)20-5-4-12-31(15-20)25(32)19-6-7-23-22(13-19)29-17(2)30(23)3/h6-11,13-14,20H,4-5,12,15H2,1-3H3. The van der Waals surface area contributed by atoms with Crippen molar-refractivity contribution in [1.82, 2.24) is 29.4 Å². The zero-order valence-electron chi connectivity index (χ0n) is 18.6. The van der Waals surface area contributed by atoms with E-state index in [9.17, 15) is 4.79 Å². The fourth-order valence-electron chi connectivity index (χ4n) is 4.57. The maximum absolute atomic E-state index is 13.4. The van der Waals surface area contributed by atoms with Gasteiger partial charge in [0, 0.05) is 55.8 Å². The van der Waals surface area contributed by atoms with E-state index in [1.165, 1.54) is 0 Å². The van der Waals surface area contributed by atoms with Crippen molar-refractivity contribution in [3.05, 3.63) is 71.8 Å². The molecule has 5 rings (SSSR count). The van der Waals surface area contributed by atoms with Crippen LogP contribution < -0.4 is 0 Å². The molecule has 1 aromatic carbocycles. The number of imidazole rings is 1. The third-order valence-electron chi connectivity index (χ3n) is 6.38. The van der Waals surface area contributed by atoms with Gasteiger partial charge < -0.3 is 9.47 Å².